The number of nitrogens with zero attached hydrogens (tertiary/aromatic N) is 4. The van der Waals surface area contributed by atoms with E-state index in [9.17, 15) is 4.79 Å². The minimum Gasteiger partial charge on any atom is -0.379 e. The third kappa shape index (κ3) is 4.55. The predicted molar refractivity (Wildman–Crippen MR) is 133 cm³/mol. The van der Waals surface area contributed by atoms with Crippen LogP contribution in [0.15, 0.2) is 67.1 Å². The Balaban J connectivity index is 1.56. The molecular formula is C26H26ClN5O2. The van der Waals surface area contributed by atoms with Gasteiger partial charge >= 0.3 is 0 Å². The van der Waals surface area contributed by atoms with Gasteiger partial charge < -0.3 is 9.72 Å². The van der Waals surface area contributed by atoms with Gasteiger partial charge in [0.2, 0.25) is 5.95 Å². The highest BCUT2D eigenvalue weighted by molar-refractivity contribution is 6.30. The molecule has 3 heterocycles. The first-order valence-corrected chi connectivity index (χ1v) is 11.7. The first-order valence-electron chi connectivity index (χ1n) is 11.3. The molecule has 0 radical (unpaired) electrons. The molecule has 34 heavy (non-hydrogen) atoms. The Morgan fingerprint density at radius 2 is 1.85 bits per heavy atom. The average Bonchev–Trinajstić information content (AvgIpc) is 3.32. The number of anilines is 1. The number of aryl methyl sites for hydroxylation is 1. The van der Waals surface area contributed by atoms with Crippen LogP contribution in [0.2, 0.25) is 5.02 Å². The molecule has 0 bridgehead atoms. The average molecular weight is 476 g/mol. The summed E-state index contributed by atoms with van der Waals surface area (Å²) in [6, 6.07) is 15.5. The van der Waals surface area contributed by atoms with Crippen LogP contribution in [0.4, 0.5) is 5.95 Å². The lowest BCUT2D eigenvalue weighted by Gasteiger charge is -2.37. The number of fused-ring (bicyclic) bond motifs is 1. The molecule has 8 heteroatoms. The monoisotopic (exact) mass is 475 g/mol. The fourth-order valence-corrected chi connectivity index (χ4v) is 4.67. The van der Waals surface area contributed by atoms with E-state index < -0.39 is 0 Å². The summed E-state index contributed by atoms with van der Waals surface area (Å²) < 4.78 is 5.59. The number of hydrogen-bond acceptors (Lipinski definition) is 5. The van der Waals surface area contributed by atoms with Gasteiger partial charge in [-0.25, -0.2) is 9.97 Å². The molecule has 1 aliphatic heterocycles. The number of halogens is 1. The Morgan fingerprint density at radius 3 is 2.59 bits per heavy atom. The summed E-state index contributed by atoms with van der Waals surface area (Å²) in [5.41, 5.74) is 3.66. The van der Waals surface area contributed by atoms with Crippen LogP contribution in [0, 0.1) is 6.92 Å². The fraction of sp³-hybridized carbons (Fsp3) is 0.269. The molecule has 7 nitrogen and oxygen atoms in total. The lowest BCUT2D eigenvalue weighted by Crippen LogP contribution is -2.46. The van der Waals surface area contributed by atoms with Crippen LogP contribution in [0.3, 0.4) is 0 Å². The molecule has 1 atom stereocenters. The van der Waals surface area contributed by atoms with Gasteiger partial charge in [-0.1, -0.05) is 35.9 Å². The van der Waals surface area contributed by atoms with Crippen molar-refractivity contribution in [3.05, 3.63) is 88.8 Å². The normalized spacial score (nSPS) is 15.4. The third-order valence-electron chi connectivity index (χ3n) is 6.28. The van der Waals surface area contributed by atoms with Crippen LogP contribution in [0.1, 0.15) is 27.5 Å². The molecule has 174 valence electrons. The van der Waals surface area contributed by atoms with Gasteiger partial charge in [0, 0.05) is 54.2 Å². The largest absolute Gasteiger partial charge is 0.379 e. The van der Waals surface area contributed by atoms with Crippen molar-refractivity contribution in [2.75, 3.05) is 37.7 Å². The Labute approximate surface area is 203 Å². The summed E-state index contributed by atoms with van der Waals surface area (Å²) in [4.78, 5) is 30.2. The summed E-state index contributed by atoms with van der Waals surface area (Å²) in [6.45, 7) is 5.26. The van der Waals surface area contributed by atoms with Crippen LogP contribution in [0.25, 0.3) is 10.9 Å². The molecule has 2 aromatic heterocycles. The molecule has 0 aliphatic carbocycles. The number of carbonyl (C=O) groups excluding carboxylic acids is 1. The minimum absolute atomic E-state index is 0.0692. The number of ether oxygens (including phenoxy) is 1. The molecular weight excluding hydrogens is 450 g/mol. The first kappa shape index (κ1) is 22.5. The molecule has 0 saturated carbocycles. The van der Waals surface area contributed by atoms with E-state index in [1.807, 2.05) is 49.4 Å². The van der Waals surface area contributed by atoms with Gasteiger partial charge in [-0.2, -0.15) is 0 Å². The van der Waals surface area contributed by atoms with Crippen LogP contribution >= 0.6 is 11.6 Å². The topological polar surface area (TPSA) is 74.4 Å². The van der Waals surface area contributed by atoms with Crippen molar-refractivity contribution in [1.29, 1.82) is 0 Å². The molecule has 1 saturated heterocycles. The van der Waals surface area contributed by atoms with Gasteiger partial charge in [-0.15, -0.1) is 0 Å². The van der Waals surface area contributed by atoms with Gasteiger partial charge in [0.05, 0.1) is 24.8 Å². The SMILES string of the molecule is Cc1cccc2[nH]cc(C(=O)N(CC(c3ccc(Cl)cc3)N3CCOCC3)c3ncccn3)c12. The van der Waals surface area contributed by atoms with E-state index in [4.69, 9.17) is 16.3 Å². The number of H-pyrrole nitrogens is 1. The van der Waals surface area contributed by atoms with Crippen molar-refractivity contribution < 1.29 is 9.53 Å². The number of morpholine rings is 1. The van der Waals surface area contributed by atoms with Gasteiger partial charge in [-0.3, -0.25) is 14.6 Å². The highest BCUT2D eigenvalue weighted by atomic mass is 35.5. The Kier molecular flexibility index (Phi) is 6.58. The van der Waals surface area contributed by atoms with Crippen molar-refractivity contribution in [2.24, 2.45) is 0 Å². The van der Waals surface area contributed by atoms with Gasteiger partial charge in [0.15, 0.2) is 0 Å². The second-order valence-corrected chi connectivity index (χ2v) is 8.82. The number of aromatic nitrogens is 3. The van der Waals surface area contributed by atoms with Gasteiger partial charge in [0.25, 0.3) is 5.91 Å². The van der Waals surface area contributed by atoms with Gasteiger partial charge in [0.1, 0.15) is 0 Å². The minimum atomic E-state index is -0.140. The number of carbonyl (C=O) groups is 1. The number of aromatic amines is 1. The van der Waals surface area contributed by atoms with Crippen LogP contribution in [0.5, 0.6) is 0 Å². The van der Waals surface area contributed by atoms with Crippen molar-refractivity contribution in [3.63, 3.8) is 0 Å². The van der Waals surface area contributed by atoms with E-state index in [1.54, 1.807) is 29.6 Å². The Hall–Kier alpha value is -3.26. The zero-order chi connectivity index (χ0) is 23.5. The van der Waals surface area contributed by atoms with Crippen molar-refractivity contribution in [2.45, 2.75) is 13.0 Å². The predicted octanol–water partition coefficient (Wildman–Crippen LogP) is 4.64. The molecule has 4 aromatic rings. The molecule has 1 amide bonds. The van der Waals surface area contributed by atoms with Crippen LogP contribution in [-0.4, -0.2) is 58.6 Å². The summed E-state index contributed by atoms with van der Waals surface area (Å²) in [5.74, 6) is 0.238. The maximum atomic E-state index is 14.0. The molecule has 1 unspecified atom stereocenters. The number of nitrogens with one attached hydrogen (secondary N) is 1. The van der Waals surface area contributed by atoms with E-state index in [2.05, 4.69) is 19.9 Å². The van der Waals surface area contributed by atoms with Crippen molar-refractivity contribution in [3.8, 4) is 0 Å². The van der Waals surface area contributed by atoms with E-state index in [-0.39, 0.29) is 11.9 Å². The molecule has 5 rings (SSSR count). The molecule has 2 aromatic carbocycles. The van der Waals surface area contributed by atoms with Crippen LogP contribution in [-0.2, 0) is 4.74 Å². The molecule has 1 N–H and O–H groups in total. The van der Waals surface area contributed by atoms with Crippen LogP contribution < -0.4 is 4.90 Å². The second-order valence-electron chi connectivity index (χ2n) is 8.38. The fourth-order valence-electron chi connectivity index (χ4n) is 4.55. The number of benzene rings is 2. The third-order valence-corrected chi connectivity index (χ3v) is 6.53. The second kappa shape index (κ2) is 9.93. The quantitative estimate of drug-likeness (QED) is 0.439. The number of hydrogen-bond donors (Lipinski definition) is 1. The number of rotatable bonds is 6. The standard InChI is InChI=1S/C26H26ClN5O2/c1-18-4-2-5-22-24(18)21(16-30-22)25(33)32(26-28-10-3-11-29-26)17-23(31-12-14-34-15-13-31)19-6-8-20(27)9-7-19/h2-11,16,23,30H,12-15,17H2,1H3. The maximum absolute atomic E-state index is 14.0. The summed E-state index contributed by atoms with van der Waals surface area (Å²) >= 11 is 6.17. The Morgan fingerprint density at radius 1 is 1.12 bits per heavy atom. The first-order chi connectivity index (χ1) is 16.6. The maximum Gasteiger partial charge on any atom is 0.262 e. The summed E-state index contributed by atoms with van der Waals surface area (Å²) in [5, 5.41) is 1.60. The van der Waals surface area contributed by atoms with E-state index in [1.165, 1.54) is 0 Å². The van der Waals surface area contributed by atoms with E-state index in [0.29, 0.717) is 36.3 Å². The molecule has 0 spiro atoms. The summed E-state index contributed by atoms with van der Waals surface area (Å²) in [7, 11) is 0. The Bertz CT molecular complexity index is 1270. The summed E-state index contributed by atoms with van der Waals surface area (Å²) in [6.07, 6.45) is 5.10. The number of amides is 1. The van der Waals surface area contributed by atoms with Gasteiger partial charge in [-0.05, 0) is 42.3 Å². The lowest BCUT2D eigenvalue weighted by atomic mass is 10.0. The van der Waals surface area contributed by atoms with E-state index >= 15 is 0 Å². The van der Waals surface area contributed by atoms with Crippen molar-refractivity contribution in [1.82, 2.24) is 19.9 Å². The molecule has 1 aliphatic rings. The molecule has 1 fully saturated rings. The smallest absolute Gasteiger partial charge is 0.262 e. The van der Waals surface area contributed by atoms with E-state index in [0.717, 1.165) is 35.1 Å². The lowest BCUT2D eigenvalue weighted by molar-refractivity contribution is 0.0174. The zero-order valence-corrected chi connectivity index (χ0v) is 19.7. The van der Waals surface area contributed by atoms with Crippen molar-refractivity contribution >= 4 is 34.4 Å². The highest BCUT2D eigenvalue weighted by Gasteiger charge is 2.30. The highest BCUT2D eigenvalue weighted by Crippen LogP contribution is 2.29. The zero-order valence-electron chi connectivity index (χ0n) is 18.9.